The van der Waals surface area contributed by atoms with Gasteiger partial charge in [-0.1, -0.05) is 0 Å². The molecule has 1 aromatic heterocycles. The van der Waals surface area contributed by atoms with Crippen LogP contribution in [0, 0.1) is 19.8 Å². The lowest BCUT2D eigenvalue weighted by molar-refractivity contribution is -0.137. The second-order valence-corrected chi connectivity index (χ2v) is 7.42. The van der Waals surface area contributed by atoms with E-state index in [0.29, 0.717) is 49.7 Å². The number of sulfonamides is 1. The van der Waals surface area contributed by atoms with Gasteiger partial charge in [0.05, 0.1) is 11.4 Å². The molecule has 118 valence electrons. The van der Waals surface area contributed by atoms with E-state index in [9.17, 15) is 13.2 Å². The van der Waals surface area contributed by atoms with Crippen molar-refractivity contribution in [2.24, 2.45) is 5.92 Å². The molecular weight excluding hydrogens is 294 g/mol. The summed E-state index contributed by atoms with van der Waals surface area (Å²) in [4.78, 5) is 10.8. The number of carbonyl (C=O) groups is 1. The van der Waals surface area contributed by atoms with Crippen LogP contribution in [0.2, 0.25) is 0 Å². The number of aryl methyl sites for hydroxylation is 2. The minimum absolute atomic E-state index is 0.150. The van der Waals surface area contributed by atoms with Crippen molar-refractivity contribution >= 4 is 16.0 Å². The monoisotopic (exact) mass is 315 g/mol. The number of hydrogen-bond donors (Lipinski definition) is 2. The van der Waals surface area contributed by atoms with E-state index in [1.54, 1.807) is 13.8 Å². The smallest absolute Gasteiger partial charge is 0.303 e. The first-order valence-corrected chi connectivity index (χ1v) is 8.50. The number of nitrogens with zero attached hydrogens (tertiary/aromatic N) is 2. The van der Waals surface area contributed by atoms with Gasteiger partial charge < -0.3 is 5.11 Å². The van der Waals surface area contributed by atoms with Crippen molar-refractivity contribution in [3.63, 3.8) is 0 Å². The van der Waals surface area contributed by atoms with Crippen molar-refractivity contribution in [3.8, 4) is 0 Å². The fraction of sp³-hybridized carbons (Fsp3) is 0.692. The SMILES string of the molecule is Cc1n[nH]c(C)c1S(=O)(=O)N1CCC(CCC(=O)O)CC1. The average molecular weight is 315 g/mol. The lowest BCUT2D eigenvalue weighted by atomic mass is 9.93. The second-order valence-electron chi connectivity index (χ2n) is 5.54. The van der Waals surface area contributed by atoms with Crippen LogP contribution in [0.25, 0.3) is 0 Å². The lowest BCUT2D eigenvalue weighted by Crippen LogP contribution is -2.38. The van der Waals surface area contributed by atoms with Crippen LogP contribution in [0.15, 0.2) is 4.90 Å². The molecular formula is C13H21N3O4S. The molecule has 21 heavy (non-hydrogen) atoms. The first kappa shape index (κ1) is 16.0. The van der Waals surface area contributed by atoms with Crippen molar-refractivity contribution in [1.82, 2.24) is 14.5 Å². The molecule has 0 bridgehead atoms. The van der Waals surface area contributed by atoms with Gasteiger partial charge in [-0.2, -0.15) is 9.40 Å². The highest BCUT2D eigenvalue weighted by molar-refractivity contribution is 7.89. The molecule has 2 rings (SSSR count). The number of aromatic amines is 1. The van der Waals surface area contributed by atoms with Gasteiger partial charge in [-0.15, -0.1) is 0 Å². The maximum absolute atomic E-state index is 12.6. The Morgan fingerprint density at radius 1 is 1.38 bits per heavy atom. The highest BCUT2D eigenvalue weighted by Gasteiger charge is 2.32. The first-order valence-electron chi connectivity index (χ1n) is 7.06. The molecule has 0 amide bonds. The average Bonchev–Trinajstić information content (AvgIpc) is 2.77. The Hall–Kier alpha value is -1.41. The van der Waals surface area contributed by atoms with E-state index in [-0.39, 0.29) is 11.3 Å². The maximum Gasteiger partial charge on any atom is 0.303 e. The molecule has 1 fully saturated rings. The van der Waals surface area contributed by atoms with Crippen molar-refractivity contribution < 1.29 is 18.3 Å². The fourth-order valence-corrected chi connectivity index (χ4v) is 4.62. The summed E-state index contributed by atoms with van der Waals surface area (Å²) in [5.41, 5.74) is 1.04. The number of piperidine rings is 1. The molecule has 8 heteroatoms. The van der Waals surface area contributed by atoms with Gasteiger partial charge in [0.1, 0.15) is 4.90 Å². The van der Waals surface area contributed by atoms with E-state index in [4.69, 9.17) is 5.11 Å². The van der Waals surface area contributed by atoms with Gasteiger partial charge in [0.2, 0.25) is 10.0 Å². The molecule has 0 radical (unpaired) electrons. The van der Waals surface area contributed by atoms with E-state index >= 15 is 0 Å². The van der Waals surface area contributed by atoms with Crippen LogP contribution >= 0.6 is 0 Å². The lowest BCUT2D eigenvalue weighted by Gasteiger charge is -2.31. The van der Waals surface area contributed by atoms with Crippen LogP contribution in [-0.4, -0.2) is 47.1 Å². The van der Waals surface area contributed by atoms with Crippen LogP contribution in [-0.2, 0) is 14.8 Å². The van der Waals surface area contributed by atoms with Crippen molar-refractivity contribution in [2.75, 3.05) is 13.1 Å². The summed E-state index contributed by atoms with van der Waals surface area (Å²) >= 11 is 0. The summed E-state index contributed by atoms with van der Waals surface area (Å²) in [6, 6.07) is 0. The second kappa shape index (κ2) is 6.15. The zero-order valence-electron chi connectivity index (χ0n) is 12.3. The Balaban J connectivity index is 2.03. The van der Waals surface area contributed by atoms with Gasteiger partial charge in [0.25, 0.3) is 0 Å². The highest BCUT2D eigenvalue weighted by Crippen LogP contribution is 2.28. The normalized spacial score (nSPS) is 18.0. The Morgan fingerprint density at radius 2 is 2.00 bits per heavy atom. The number of H-pyrrole nitrogens is 1. The summed E-state index contributed by atoms with van der Waals surface area (Å²) < 4.78 is 26.8. The van der Waals surface area contributed by atoms with E-state index in [0.717, 1.165) is 0 Å². The molecule has 0 spiro atoms. The Labute approximate surface area is 124 Å². The van der Waals surface area contributed by atoms with Crippen molar-refractivity contribution in [1.29, 1.82) is 0 Å². The maximum atomic E-state index is 12.6. The highest BCUT2D eigenvalue weighted by atomic mass is 32.2. The standard InChI is InChI=1S/C13H21N3O4S/c1-9-13(10(2)15-14-9)21(19,20)16-7-5-11(6-8-16)3-4-12(17)18/h11H,3-8H2,1-2H3,(H,14,15)(H,17,18). The Kier molecular flexibility index (Phi) is 4.67. The largest absolute Gasteiger partial charge is 0.481 e. The van der Waals surface area contributed by atoms with Gasteiger partial charge in [0.15, 0.2) is 0 Å². The molecule has 2 heterocycles. The minimum Gasteiger partial charge on any atom is -0.481 e. The van der Waals surface area contributed by atoms with Crippen molar-refractivity contribution in [3.05, 3.63) is 11.4 Å². The molecule has 1 aliphatic rings. The van der Waals surface area contributed by atoms with Crippen LogP contribution in [0.3, 0.4) is 0 Å². The van der Waals surface area contributed by atoms with Gasteiger partial charge >= 0.3 is 5.97 Å². The summed E-state index contributed by atoms with van der Waals surface area (Å²) in [7, 11) is -3.51. The van der Waals surface area contributed by atoms with E-state index in [2.05, 4.69) is 10.2 Å². The van der Waals surface area contributed by atoms with Gasteiger partial charge in [-0.3, -0.25) is 9.89 Å². The number of hydrogen-bond acceptors (Lipinski definition) is 4. The number of rotatable bonds is 5. The van der Waals surface area contributed by atoms with Crippen LogP contribution in [0.1, 0.15) is 37.1 Å². The third-order valence-electron chi connectivity index (χ3n) is 4.00. The summed E-state index contributed by atoms with van der Waals surface area (Å²) in [5, 5.41) is 15.3. The summed E-state index contributed by atoms with van der Waals surface area (Å²) in [6.07, 6.45) is 2.19. The number of nitrogens with one attached hydrogen (secondary N) is 1. The van der Waals surface area contributed by atoms with Crippen LogP contribution in [0.5, 0.6) is 0 Å². The molecule has 0 atom stereocenters. The number of carboxylic acids is 1. The molecule has 0 aliphatic carbocycles. The number of aromatic nitrogens is 2. The van der Waals surface area contributed by atoms with E-state index in [1.807, 2.05) is 0 Å². The molecule has 2 N–H and O–H groups in total. The predicted octanol–water partition coefficient (Wildman–Crippen LogP) is 1.29. The zero-order valence-corrected chi connectivity index (χ0v) is 13.1. The number of carboxylic acid groups (broad SMARTS) is 1. The topological polar surface area (TPSA) is 103 Å². The quantitative estimate of drug-likeness (QED) is 0.852. The minimum atomic E-state index is -3.51. The third-order valence-corrected chi connectivity index (χ3v) is 6.16. The molecule has 7 nitrogen and oxygen atoms in total. The first-order chi connectivity index (χ1) is 9.82. The summed E-state index contributed by atoms with van der Waals surface area (Å²) in [6.45, 7) is 4.26. The molecule has 0 aromatic carbocycles. The van der Waals surface area contributed by atoms with Gasteiger partial charge in [-0.25, -0.2) is 8.42 Å². The fourth-order valence-electron chi connectivity index (χ4n) is 2.82. The molecule has 0 saturated carbocycles. The zero-order chi connectivity index (χ0) is 15.6. The molecule has 0 unspecified atom stereocenters. The molecule has 1 saturated heterocycles. The number of aliphatic carboxylic acids is 1. The van der Waals surface area contributed by atoms with E-state index in [1.165, 1.54) is 4.31 Å². The van der Waals surface area contributed by atoms with Crippen molar-refractivity contribution in [2.45, 2.75) is 44.4 Å². The van der Waals surface area contributed by atoms with E-state index < -0.39 is 16.0 Å². The van der Waals surface area contributed by atoms with Gasteiger partial charge in [0, 0.05) is 19.5 Å². The Bertz CT molecular complexity index is 596. The summed E-state index contributed by atoms with van der Waals surface area (Å²) in [5.74, 6) is -0.506. The van der Waals surface area contributed by atoms with Crippen LogP contribution in [0.4, 0.5) is 0 Å². The molecule has 1 aliphatic heterocycles. The third kappa shape index (κ3) is 3.44. The van der Waals surface area contributed by atoms with Gasteiger partial charge in [-0.05, 0) is 39.0 Å². The molecule has 1 aromatic rings. The van der Waals surface area contributed by atoms with Crippen LogP contribution < -0.4 is 0 Å². The Morgan fingerprint density at radius 3 is 2.48 bits per heavy atom. The predicted molar refractivity (Wildman–Crippen MR) is 76.4 cm³/mol.